The summed E-state index contributed by atoms with van der Waals surface area (Å²) in [4.78, 5) is 25.1. The van der Waals surface area contributed by atoms with Crippen molar-refractivity contribution in [3.63, 3.8) is 0 Å². The zero-order chi connectivity index (χ0) is 29.9. The molecule has 0 radical (unpaired) electrons. The van der Waals surface area contributed by atoms with Gasteiger partial charge in [0, 0.05) is 46.2 Å². The first-order valence-electron chi connectivity index (χ1n) is 13.3. The molecule has 0 spiro atoms. The standard InChI is InChI=1S/C24H26ClN5O3.C7H7ClO/c1-32-21-6-3-16(11-22(21)33-10-2-8-27-14-28-13-26)24-23-18(7-9-30(24)15-31)19-12-17(25)4-5-20(19)29-23;1-9-7-4-2-6(8)3-5-7/h3-6,11-15,24,29H,2,7-10H2,1H3,(H2,26,27,28);2-5H,1H3. The van der Waals surface area contributed by atoms with Gasteiger partial charge in [-0.1, -0.05) is 29.3 Å². The maximum Gasteiger partial charge on any atom is 0.210 e. The number of hydrogen-bond donors (Lipinski definition) is 2. The van der Waals surface area contributed by atoms with Crippen LogP contribution in [-0.2, 0) is 11.2 Å². The monoisotopic (exact) mass is 609 g/mol. The van der Waals surface area contributed by atoms with Gasteiger partial charge >= 0.3 is 0 Å². The number of halogens is 2. The molecule has 0 saturated heterocycles. The predicted molar refractivity (Wildman–Crippen MR) is 169 cm³/mol. The molecular formula is C31H33Cl2N5O4. The summed E-state index contributed by atoms with van der Waals surface area (Å²) in [6, 6.07) is 18.6. The van der Waals surface area contributed by atoms with Crippen LogP contribution >= 0.6 is 23.2 Å². The van der Waals surface area contributed by atoms with Crippen LogP contribution in [-0.4, -0.2) is 62.9 Å². The topological polar surface area (TPSA) is 115 Å². The molecule has 3 N–H and O–H groups in total. The van der Waals surface area contributed by atoms with Gasteiger partial charge in [0.2, 0.25) is 6.41 Å². The normalized spacial score (nSPS) is 14.5. The van der Waals surface area contributed by atoms with Crippen molar-refractivity contribution in [3.8, 4) is 17.2 Å². The first-order valence-corrected chi connectivity index (χ1v) is 14.1. The summed E-state index contributed by atoms with van der Waals surface area (Å²) < 4.78 is 16.4. The van der Waals surface area contributed by atoms with Gasteiger partial charge in [-0.05, 0) is 72.1 Å². The fraction of sp³-hybridized carbons (Fsp3) is 0.258. The van der Waals surface area contributed by atoms with Crippen LogP contribution in [0, 0.1) is 0 Å². The molecule has 11 heteroatoms. The van der Waals surface area contributed by atoms with E-state index in [2.05, 4.69) is 15.0 Å². The van der Waals surface area contributed by atoms with E-state index < -0.39 is 0 Å². The second-order valence-corrected chi connectivity index (χ2v) is 10.2. The number of H-pyrrole nitrogens is 1. The van der Waals surface area contributed by atoms with E-state index in [0.717, 1.165) is 45.8 Å². The van der Waals surface area contributed by atoms with Gasteiger partial charge in [-0.15, -0.1) is 0 Å². The molecule has 1 unspecified atom stereocenters. The third-order valence-electron chi connectivity index (χ3n) is 6.74. The van der Waals surface area contributed by atoms with E-state index in [1.165, 1.54) is 18.2 Å². The summed E-state index contributed by atoms with van der Waals surface area (Å²) in [6.07, 6.45) is 4.99. The largest absolute Gasteiger partial charge is 0.497 e. The van der Waals surface area contributed by atoms with Gasteiger partial charge in [0.05, 0.1) is 33.2 Å². The molecule has 3 aromatic carbocycles. The molecule has 5 rings (SSSR count). The van der Waals surface area contributed by atoms with Crippen LogP contribution in [0.1, 0.15) is 29.3 Å². The molecule has 4 aromatic rings. The lowest BCUT2D eigenvalue weighted by atomic mass is 9.92. The minimum absolute atomic E-state index is 0.260. The zero-order valence-electron chi connectivity index (χ0n) is 23.4. The van der Waals surface area contributed by atoms with Crippen molar-refractivity contribution >= 4 is 53.2 Å². The summed E-state index contributed by atoms with van der Waals surface area (Å²) >= 11 is 11.9. The summed E-state index contributed by atoms with van der Waals surface area (Å²) in [5.74, 6) is 2.09. The summed E-state index contributed by atoms with van der Waals surface area (Å²) in [7, 11) is 3.23. The number of nitrogens with zero attached hydrogens (tertiary/aromatic N) is 3. The number of amides is 1. The third-order valence-corrected chi connectivity index (χ3v) is 7.23. The number of hydrogen-bond acceptors (Lipinski definition) is 5. The first-order chi connectivity index (χ1) is 20.5. The third kappa shape index (κ3) is 7.54. The molecule has 220 valence electrons. The van der Waals surface area contributed by atoms with Gasteiger partial charge in [-0.25, -0.2) is 4.99 Å². The Morgan fingerprint density at radius 2 is 1.81 bits per heavy atom. The van der Waals surface area contributed by atoms with Crippen LogP contribution in [0.3, 0.4) is 0 Å². The molecule has 0 fully saturated rings. The molecule has 1 amide bonds. The highest BCUT2D eigenvalue weighted by Crippen LogP contribution is 2.40. The summed E-state index contributed by atoms with van der Waals surface area (Å²) in [6.45, 7) is 1.65. The number of rotatable bonds is 10. The van der Waals surface area contributed by atoms with Crippen molar-refractivity contribution in [2.24, 2.45) is 15.7 Å². The molecule has 9 nitrogen and oxygen atoms in total. The molecule has 2 heterocycles. The number of carbonyl (C=O) groups excluding carboxylic acids is 1. The van der Waals surface area contributed by atoms with Crippen molar-refractivity contribution < 1.29 is 19.0 Å². The van der Waals surface area contributed by atoms with Crippen molar-refractivity contribution in [2.45, 2.75) is 18.9 Å². The number of aliphatic imine (C=N–C) groups is 2. The Morgan fingerprint density at radius 3 is 2.52 bits per heavy atom. The Morgan fingerprint density at radius 1 is 1.02 bits per heavy atom. The SMILES string of the molecule is COc1ccc(C2c3[nH]c4ccc(Cl)cc4c3CCN2C=O)cc1OCCCN=CN=CN.COc1ccc(Cl)cc1. The quantitative estimate of drug-likeness (QED) is 0.0980. The number of aromatic nitrogens is 1. The van der Waals surface area contributed by atoms with E-state index in [1.54, 1.807) is 31.3 Å². The highest BCUT2D eigenvalue weighted by molar-refractivity contribution is 6.31. The second kappa shape index (κ2) is 15.1. The van der Waals surface area contributed by atoms with Crippen LogP contribution in [0.2, 0.25) is 10.0 Å². The fourth-order valence-corrected chi connectivity index (χ4v) is 5.08. The van der Waals surface area contributed by atoms with Crippen LogP contribution in [0.15, 0.2) is 70.6 Å². The van der Waals surface area contributed by atoms with Crippen LogP contribution < -0.4 is 19.9 Å². The number of nitrogens with one attached hydrogen (secondary N) is 1. The highest BCUT2D eigenvalue weighted by atomic mass is 35.5. The first kappa shape index (κ1) is 30.7. The Labute approximate surface area is 254 Å². The number of aromatic amines is 1. The maximum atomic E-state index is 12.0. The fourth-order valence-electron chi connectivity index (χ4n) is 4.78. The number of methoxy groups -OCH3 is 2. The summed E-state index contributed by atoms with van der Waals surface area (Å²) in [5, 5.41) is 2.52. The Bertz CT molecular complexity index is 1540. The van der Waals surface area contributed by atoms with Crippen molar-refractivity contribution in [1.82, 2.24) is 9.88 Å². The minimum Gasteiger partial charge on any atom is -0.497 e. The molecular weight excluding hydrogens is 577 g/mol. The Balaban J connectivity index is 0.000000385. The number of carbonyl (C=O) groups is 1. The van der Waals surface area contributed by atoms with E-state index in [4.69, 9.17) is 43.1 Å². The number of nitrogens with two attached hydrogens (primary N) is 1. The Hall–Kier alpha value is -4.21. The van der Waals surface area contributed by atoms with Crippen LogP contribution in [0.4, 0.5) is 0 Å². The van der Waals surface area contributed by atoms with Crippen molar-refractivity contribution in [2.75, 3.05) is 33.9 Å². The lowest BCUT2D eigenvalue weighted by molar-refractivity contribution is -0.120. The van der Waals surface area contributed by atoms with Gasteiger partial charge in [-0.2, -0.15) is 0 Å². The van der Waals surface area contributed by atoms with Crippen LogP contribution in [0.5, 0.6) is 17.2 Å². The highest BCUT2D eigenvalue weighted by Gasteiger charge is 2.31. The lowest BCUT2D eigenvalue weighted by Crippen LogP contribution is -2.35. The van der Waals surface area contributed by atoms with E-state index in [9.17, 15) is 4.79 Å². The number of fused-ring (bicyclic) bond motifs is 3. The van der Waals surface area contributed by atoms with Gasteiger partial charge < -0.3 is 29.8 Å². The molecule has 1 aliphatic rings. The smallest absolute Gasteiger partial charge is 0.210 e. The average molecular weight is 611 g/mol. The van der Waals surface area contributed by atoms with E-state index in [0.29, 0.717) is 42.6 Å². The maximum absolute atomic E-state index is 12.0. The molecule has 1 aliphatic heterocycles. The van der Waals surface area contributed by atoms with Gasteiger partial charge in [-0.3, -0.25) is 9.79 Å². The molecule has 42 heavy (non-hydrogen) atoms. The van der Waals surface area contributed by atoms with Crippen molar-refractivity contribution in [3.05, 3.63) is 87.5 Å². The molecule has 0 bridgehead atoms. The minimum atomic E-state index is -0.260. The molecule has 1 atom stereocenters. The van der Waals surface area contributed by atoms with E-state index in [-0.39, 0.29) is 6.04 Å². The molecule has 0 saturated carbocycles. The summed E-state index contributed by atoms with van der Waals surface area (Å²) in [5.41, 5.74) is 9.30. The molecule has 0 aliphatic carbocycles. The molecule has 1 aromatic heterocycles. The van der Waals surface area contributed by atoms with E-state index in [1.807, 2.05) is 48.5 Å². The van der Waals surface area contributed by atoms with Gasteiger partial charge in [0.15, 0.2) is 11.5 Å². The zero-order valence-corrected chi connectivity index (χ0v) is 24.9. The Kier molecular flexibility index (Phi) is 11.1. The van der Waals surface area contributed by atoms with Gasteiger partial charge in [0.25, 0.3) is 0 Å². The van der Waals surface area contributed by atoms with Gasteiger partial charge in [0.1, 0.15) is 12.1 Å². The van der Waals surface area contributed by atoms with Crippen molar-refractivity contribution in [1.29, 1.82) is 0 Å². The second-order valence-electron chi connectivity index (χ2n) is 9.29. The number of ether oxygens (including phenoxy) is 3. The lowest BCUT2D eigenvalue weighted by Gasteiger charge is -2.33. The number of benzene rings is 3. The van der Waals surface area contributed by atoms with Crippen LogP contribution in [0.25, 0.3) is 10.9 Å². The predicted octanol–water partition coefficient (Wildman–Crippen LogP) is 6.07. The average Bonchev–Trinajstić information content (AvgIpc) is 3.38. The van der Waals surface area contributed by atoms with E-state index >= 15 is 0 Å².